The largest absolute Gasteiger partial charge is 0.507 e. The van der Waals surface area contributed by atoms with Gasteiger partial charge in [-0.05, 0) is 60.6 Å². The van der Waals surface area contributed by atoms with Crippen LogP contribution in [0.2, 0.25) is 0 Å². The Bertz CT molecular complexity index is 1030. The van der Waals surface area contributed by atoms with Gasteiger partial charge in [0.15, 0.2) is 0 Å². The molecule has 0 aromatic heterocycles. The van der Waals surface area contributed by atoms with Crippen molar-refractivity contribution in [1.29, 1.82) is 0 Å². The summed E-state index contributed by atoms with van der Waals surface area (Å²) in [6.07, 6.45) is 4.54. The van der Waals surface area contributed by atoms with E-state index in [1.807, 2.05) is 59.7 Å². The highest BCUT2D eigenvalue weighted by atomic mass is 16.3. The summed E-state index contributed by atoms with van der Waals surface area (Å²) >= 11 is 0. The molecular weight excluding hydrogens is 426 g/mol. The molecule has 0 aliphatic carbocycles. The van der Waals surface area contributed by atoms with Crippen LogP contribution in [0.1, 0.15) is 77.6 Å². The normalized spacial score (nSPS) is 12.5. The van der Waals surface area contributed by atoms with Crippen LogP contribution in [-0.2, 0) is 15.6 Å². The minimum Gasteiger partial charge on any atom is -0.507 e. The van der Waals surface area contributed by atoms with Crippen LogP contribution in [0.4, 0.5) is 5.69 Å². The van der Waals surface area contributed by atoms with E-state index in [4.69, 9.17) is 0 Å². The van der Waals surface area contributed by atoms with Gasteiger partial charge in [0.2, 0.25) is 0 Å². The molecule has 6 nitrogen and oxygen atoms in total. The molecule has 0 aliphatic heterocycles. The van der Waals surface area contributed by atoms with E-state index in [2.05, 4.69) is 29.3 Å². The molecule has 1 amide bonds. The molecule has 0 saturated heterocycles. The van der Waals surface area contributed by atoms with Crippen LogP contribution >= 0.6 is 0 Å². The van der Waals surface area contributed by atoms with Crippen LogP contribution in [0.15, 0.2) is 41.5 Å². The molecule has 0 fully saturated rings. The number of amides is 1. The number of carbonyl (C=O) groups excluding carboxylic acids is 1. The third-order valence-electron chi connectivity index (χ3n) is 5.70. The lowest BCUT2D eigenvalue weighted by atomic mass is 9.78. The molecule has 34 heavy (non-hydrogen) atoms. The predicted octanol–water partition coefficient (Wildman–Crippen LogP) is 5.70. The van der Waals surface area contributed by atoms with Crippen LogP contribution in [0, 0.1) is 0 Å². The van der Waals surface area contributed by atoms with Crippen molar-refractivity contribution in [3.05, 3.63) is 58.7 Å². The highest BCUT2D eigenvalue weighted by molar-refractivity contribution is 5.93. The third-order valence-corrected chi connectivity index (χ3v) is 5.70. The Hall–Kier alpha value is -3.28. The summed E-state index contributed by atoms with van der Waals surface area (Å²) in [5.74, 6) is 0.0164. The van der Waals surface area contributed by atoms with E-state index in [-0.39, 0.29) is 16.6 Å². The maximum atomic E-state index is 12.3. The van der Waals surface area contributed by atoms with Gasteiger partial charge in [-0.3, -0.25) is 4.79 Å². The Kier molecular flexibility index (Phi) is 8.54. The topological polar surface area (TPSA) is 85.2 Å². The number of hydrogen-bond donors (Lipinski definition) is 3. The minimum atomic E-state index is -0.391. The smallest absolute Gasteiger partial charge is 0.264 e. The molecule has 3 N–H and O–H groups in total. The first-order valence-corrected chi connectivity index (χ1v) is 11.7. The number of phenols is 2. The van der Waals surface area contributed by atoms with Gasteiger partial charge in [-0.2, -0.15) is 5.10 Å². The van der Waals surface area contributed by atoms with E-state index >= 15 is 0 Å². The molecule has 0 unspecified atom stereocenters. The maximum absolute atomic E-state index is 12.3. The fraction of sp³-hybridized carbons (Fsp3) is 0.429. The number of anilines is 1. The van der Waals surface area contributed by atoms with Gasteiger partial charge >= 0.3 is 0 Å². The van der Waals surface area contributed by atoms with Gasteiger partial charge in [0.1, 0.15) is 11.5 Å². The summed E-state index contributed by atoms with van der Waals surface area (Å²) in [7, 11) is 0. The number of benzene rings is 2. The average molecular weight is 466 g/mol. The number of hydrogen-bond acceptors (Lipinski definition) is 5. The first-order valence-electron chi connectivity index (χ1n) is 11.7. The second-order valence-electron chi connectivity index (χ2n) is 10.4. The highest BCUT2D eigenvalue weighted by Crippen LogP contribution is 2.40. The first kappa shape index (κ1) is 27.0. The fourth-order valence-electron chi connectivity index (χ4n) is 3.70. The first-order chi connectivity index (χ1) is 15.8. The fourth-order valence-corrected chi connectivity index (χ4v) is 3.70. The third kappa shape index (κ3) is 6.86. The number of nitrogens with zero attached hydrogens (tertiary/aromatic N) is 2. The van der Waals surface area contributed by atoms with E-state index in [0.717, 1.165) is 35.5 Å². The van der Waals surface area contributed by atoms with Crippen molar-refractivity contribution in [3.8, 4) is 11.5 Å². The lowest BCUT2D eigenvalue weighted by molar-refractivity contribution is -0.116. The van der Waals surface area contributed by atoms with E-state index in [1.165, 1.54) is 12.3 Å². The molecule has 2 aromatic carbocycles. The Labute approximate surface area is 204 Å². The van der Waals surface area contributed by atoms with E-state index in [1.54, 1.807) is 18.2 Å². The maximum Gasteiger partial charge on any atom is 0.264 e. The van der Waals surface area contributed by atoms with Crippen molar-refractivity contribution >= 4 is 23.9 Å². The Balaban J connectivity index is 2.17. The molecular formula is C28H39N3O3. The average Bonchev–Trinajstić information content (AvgIpc) is 2.73. The van der Waals surface area contributed by atoms with Crippen molar-refractivity contribution in [2.75, 3.05) is 18.0 Å². The van der Waals surface area contributed by atoms with Crippen molar-refractivity contribution in [3.63, 3.8) is 0 Å². The number of aromatic hydroxyl groups is 2. The molecule has 2 aromatic rings. The van der Waals surface area contributed by atoms with Crippen LogP contribution in [-0.4, -0.2) is 35.4 Å². The van der Waals surface area contributed by atoms with Crippen molar-refractivity contribution in [2.24, 2.45) is 5.10 Å². The van der Waals surface area contributed by atoms with Gasteiger partial charge in [0.05, 0.1) is 6.21 Å². The monoisotopic (exact) mass is 465 g/mol. The van der Waals surface area contributed by atoms with Crippen molar-refractivity contribution < 1.29 is 15.0 Å². The number of hydrazone groups is 1. The zero-order chi connectivity index (χ0) is 25.7. The standard InChI is InChI=1S/C28H39N3O3/c1-9-31(10-2)21-13-12-20(24(32)17-21)18-29-30-25(33)14-11-19-15-22(27(3,4)5)26(34)23(16-19)28(6,7)8/h11-18,32,34H,9-10H2,1-8H3,(H,30,33). The van der Waals surface area contributed by atoms with E-state index in [0.29, 0.717) is 11.3 Å². The lowest BCUT2D eigenvalue weighted by Gasteiger charge is -2.27. The second-order valence-corrected chi connectivity index (χ2v) is 10.4. The summed E-state index contributed by atoms with van der Waals surface area (Å²) in [4.78, 5) is 14.4. The Morgan fingerprint density at radius 3 is 2.00 bits per heavy atom. The number of nitrogens with one attached hydrogen (secondary N) is 1. The second kappa shape index (κ2) is 10.8. The summed E-state index contributed by atoms with van der Waals surface area (Å²) in [5.41, 5.74) is 5.92. The zero-order valence-electron chi connectivity index (χ0n) is 21.7. The van der Waals surface area contributed by atoms with Crippen LogP contribution < -0.4 is 10.3 Å². The molecule has 184 valence electrons. The number of rotatable bonds is 7. The predicted molar refractivity (Wildman–Crippen MR) is 142 cm³/mol. The van der Waals surface area contributed by atoms with Crippen molar-refractivity contribution in [1.82, 2.24) is 5.43 Å². The van der Waals surface area contributed by atoms with Gasteiger partial charge in [0, 0.05) is 47.6 Å². The van der Waals surface area contributed by atoms with Gasteiger partial charge in [-0.25, -0.2) is 5.43 Å². The minimum absolute atomic E-state index is 0.103. The van der Waals surface area contributed by atoms with Gasteiger partial charge in [-0.15, -0.1) is 0 Å². The summed E-state index contributed by atoms with van der Waals surface area (Å²) < 4.78 is 0. The molecule has 0 aliphatic rings. The van der Waals surface area contributed by atoms with Crippen LogP contribution in [0.25, 0.3) is 6.08 Å². The molecule has 0 atom stereocenters. The van der Waals surface area contributed by atoms with Crippen LogP contribution in [0.3, 0.4) is 0 Å². The molecule has 0 heterocycles. The van der Waals surface area contributed by atoms with Crippen molar-refractivity contribution in [2.45, 2.75) is 66.2 Å². The molecule has 0 spiro atoms. The van der Waals surface area contributed by atoms with E-state index in [9.17, 15) is 15.0 Å². The molecule has 0 radical (unpaired) electrons. The number of carbonyl (C=O) groups is 1. The van der Waals surface area contributed by atoms with Crippen LogP contribution in [0.5, 0.6) is 11.5 Å². The highest BCUT2D eigenvalue weighted by Gasteiger charge is 2.26. The van der Waals surface area contributed by atoms with E-state index < -0.39 is 5.91 Å². The lowest BCUT2D eigenvalue weighted by Crippen LogP contribution is -2.21. The number of phenolic OH excluding ortho intramolecular Hbond substituents is 2. The van der Waals surface area contributed by atoms with Gasteiger partial charge < -0.3 is 15.1 Å². The Morgan fingerprint density at radius 1 is 0.971 bits per heavy atom. The summed E-state index contributed by atoms with van der Waals surface area (Å²) in [6.45, 7) is 18.1. The summed E-state index contributed by atoms with van der Waals surface area (Å²) in [6, 6.07) is 9.20. The molecule has 6 heteroatoms. The molecule has 2 rings (SSSR count). The summed E-state index contributed by atoms with van der Waals surface area (Å²) in [5, 5.41) is 25.1. The van der Waals surface area contributed by atoms with Gasteiger partial charge in [0.25, 0.3) is 5.91 Å². The van der Waals surface area contributed by atoms with Gasteiger partial charge in [-0.1, -0.05) is 41.5 Å². The quantitative estimate of drug-likeness (QED) is 0.278. The molecule has 0 bridgehead atoms. The Morgan fingerprint density at radius 2 is 1.53 bits per heavy atom. The zero-order valence-corrected chi connectivity index (χ0v) is 21.7. The SMILES string of the molecule is CCN(CC)c1ccc(C=NNC(=O)C=Cc2cc(C(C)(C)C)c(O)c(C(C)(C)C)c2)c(O)c1. The molecule has 0 saturated carbocycles.